The Bertz CT molecular complexity index is 284. The van der Waals surface area contributed by atoms with E-state index in [4.69, 9.17) is 0 Å². The fourth-order valence-corrected chi connectivity index (χ4v) is 0.974. The van der Waals surface area contributed by atoms with E-state index in [-0.39, 0.29) is 5.78 Å². The lowest BCUT2D eigenvalue weighted by Gasteiger charge is -2.00. The molecule has 64 valence electrons. The topological polar surface area (TPSA) is 30.0 Å². The summed E-state index contributed by atoms with van der Waals surface area (Å²) in [5.74, 6) is -1.22. The van der Waals surface area contributed by atoms with E-state index in [0.29, 0.717) is 11.3 Å². The molecule has 0 aliphatic heterocycles. The van der Waals surface area contributed by atoms with Crippen molar-refractivity contribution in [2.24, 2.45) is 0 Å². The zero-order chi connectivity index (χ0) is 9.14. The van der Waals surface area contributed by atoms with E-state index < -0.39 is 5.91 Å². The van der Waals surface area contributed by atoms with Crippen molar-refractivity contribution in [3.8, 4) is 0 Å². The molecule has 0 amide bonds. The van der Waals surface area contributed by atoms with Gasteiger partial charge in [0.1, 0.15) is 0 Å². The number of ketones is 1. The van der Waals surface area contributed by atoms with Crippen LogP contribution in [0.2, 0.25) is 0 Å². The molecule has 0 radical (unpaired) electrons. The van der Waals surface area contributed by atoms with Gasteiger partial charge in [-0.25, -0.2) is 4.39 Å². The van der Waals surface area contributed by atoms with Gasteiger partial charge in [0.05, 0.1) is 5.69 Å². The Morgan fingerprint density at radius 3 is 2.67 bits per heavy atom. The minimum atomic E-state index is -1.16. The van der Waals surface area contributed by atoms with Crippen molar-refractivity contribution in [2.75, 3.05) is 0 Å². The van der Waals surface area contributed by atoms with Crippen LogP contribution < -0.4 is 0 Å². The molecule has 0 spiro atoms. The molecule has 2 atom stereocenters. The third-order valence-corrected chi connectivity index (χ3v) is 1.82. The summed E-state index contributed by atoms with van der Waals surface area (Å²) in [5.41, 5.74) is 0.828. The Kier molecular flexibility index (Phi) is 2.88. The summed E-state index contributed by atoms with van der Waals surface area (Å²) < 4.78 is 12.6. The van der Waals surface area contributed by atoms with Crippen LogP contribution in [0.15, 0.2) is 18.3 Å². The number of hydrogen-bond acceptors (Lipinski definition) is 2. The van der Waals surface area contributed by atoms with E-state index in [0.717, 1.165) is 0 Å². The molecule has 0 aliphatic rings. The molecule has 2 nitrogen and oxygen atoms in total. The van der Waals surface area contributed by atoms with Gasteiger partial charge >= 0.3 is 0 Å². The largest absolute Gasteiger partial charge is 0.294 e. The van der Waals surface area contributed by atoms with E-state index in [1.54, 1.807) is 6.07 Å². The van der Waals surface area contributed by atoms with Crippen LogP contribution in [0, 0.1) is 0 Å². The zero-order valence-electron chi connectivity index (χ0n) is 6.62. The molecule has 0 aliphatic carbocycles. The quantitative estimate of drug-likeness (QED) is 0.521. The molecule has 0 aromatic carbocycles. The molecule has 0 bridgehead atoms. The first-order valence-corrected chi connectivity index (χ1v) is 4.14. The lowest BCUT2D eigenvalue weighted by molar-refractivity contribution is 0.101. The molecule has 1 aromatic heterocycles. The van der Waals surface area contributed by atoms with Gasteiger partial charge in [0, 0.05) is 11.8 Å². The van der Waals surface area contributed by atoms with Crippen LogP contribution in [0.25, 0.3) is 0 Å². The minimum Gasteiger partial charge on any atom is -0.294 e. The van der Waals surface area contributed by atoms with Gasteiger partial charge in [-0.1, -0.05) is 9.24 Å². The second-order valence-electron chi connectivity index (χ2n) is 2.43. The van der Waals surface area contributed by atoms with E-state index in [9.17, 15) is 9.18 Å². The number of carbonyl (C=O) groups excluding carboxylic acids is 1. The number of nitrogens with zero attached hydrogens (tertiary/aromatic N) is 1. The molecule has 1 aromatic rings. The monoisotopic (exact) mass is 185 g/mol. The number of pyridine rings is 1. The maximum atomic E-state index is 12.6. The SMILES string of the molecule is CC(=O)c1ccc(C(F)P)nc1. The third-order valence-electron chi connectivity index (χ3n) is 1.48. The molecule has 1 heterocycles. The maximum Gasteiger partial charge on any atom is 0.161 e. The normalized spacial score (nSPS) is 12.6. The average molecular weight is 185 g/mol. The van der Waals surface area contributed by atoms with E-state index >= 15 is 0 Å². The third kappa shape index (κ3) is 2.08. The van der Waals surface area contributed by atoms with Crippen LogP contribution in [0.4, 0.5) is 4.39 Å². The average Bonchev–Trinajstić information content (AvgIpc) is 2.04. The molecule has 4 heteroatoms. The Morgan fingerprint density at radius 2 is 2.33 bits per heavy atom. The van der Waals surface area contributed by atoms with Gasteiger partial charge in [-0.05, 0) is 19.1 Å². The number of carbonyl (C=O) groups is 1. The molecule has 0 saturated carbocycles. The molecule has 0 N–H and O–H groups in total. The Balaban J connectivity index is 2.93. The second-order valence-corrected chi connectivity index (χ2v) is 3.01. The fourth-order valence-electron chi connectivity index (χ4n) is 0.777. The zero-order valence-corrected chi connectivity index (χ0v) is 7.77. The number of hydrogen-bond donors (Lipinski definition) is 0. The van der Waals surface area contributed by atoms with Crippen LogP contribution in [0.1, 0.15) is 28.9 Å². The summed E-state index contributed by atoms with van der Waals surface area (Å²) in [6.45, 7) is 1.45. The summed E-state index contributed by atoms with van der Waals surface area (Å²) in [6.07, 6.45) is 1.38. The van der Waals surface area contributed by atoms with Gasteiger partial charge in [0.25, 0.3) is 0 Å². The Morgan fingerprint density at radius 1 is 1.67 bits per heavy atom. The first-order chi connectivity index (χ1) is 5.61. The molecular weight excluding hydrogens is 176 g/mol. The summed E-state index contributed by atoms with van der Waals surface area (Å²) in [6, 6.07) is 3.08. The number of Topliss-reactive ketones (excluding diaryl/α,β-unsaturated/α-hetero) is 1. The van der Waals surface area contributed by atoms with Crippen molar-refractivity contribution in [3.63, 3.8) is 0 Å². The van der Waals surface area contributed by atoms with E-state index in [1.165, 1.54) is 19.2 Å². The molecule has 2 unspecified atom stereocenters. The lowest BCUT2D eigenvalue weighted by Crippen LogP contribution is -1.95. The predicted octanol–water partition coefficient (Wildman–Crippen LogP) is 2.13. The van der Waals surface area contributed by atoms with Crippen LogP contribution >= 0.6 is 9.24 Å². The van der Waals surface area contributed by atoms with Gasteiger partial charge in [-0.3, -0.25) is 9.78 Å². The molecule has 0 fully saturated rings. The molecule has 1 rings (SSSR count). The Hall–Kier alpha value is -0.820. The van der Waals surface area contributed by atoms with E-state index in [1.807, 2.05) is 9.24 Å². The standard InChI is InChI=1S/C8H9FNOP/c1-5(11)6-2-3-7(8(9)12)10-4-6/h2-4,8H,12H2,1H3. The van der Waals surface area contributed by atoms with Crippen LogP contribution in [-0.4, -0.2) is 10.8 Å². The Labute approximate surface area is 72.4 Å². The summed E-state index contributed by atoms with van der Waals surface area (Å²) in [7, 11) is 2.00. The van der Waals surface area contributed by atoms with Crippen molar-refractivity contribution >= 4 is 15.0 Å². The highest BCUT2D eigenvalue weighted by molar-refractivity contribution is 7.16. The second kappa shape index (κ2) is 3.72. The van der Waals surface area contributed by atoms with Crippen molar-refractivity contribution < 1.29 is 9.18 Å². The summed E-state index contributed by atoms with van der Waals surface area (Å²) in [5, 5.41) is 0. The number of rotatable bonds is 2. The highest BCUT2D eigenvalue weighted by Crippen LogP contribution is 2.21. The minimum absolute atomic E-state index is 0.0618. The summed E-state index contributed by atoms with van der Waals surface area (Å²) >= 11 is 0. The van der Waals surface area contributed by atoms with E-state index in [2.05, 4.69) is 4.98 Å². The van der Waals surface area contributed by atoms with Crippen molar-refractivity contribution in [3.05, 3.63) is 29.6 Å². The first-order valence-electron chi connectivity index (χ1n) is 3.48. The van der Waals surface area contributed by atoms with Crippen LogP contribution in [-0.2, 0) is 0 Å². The summed E-state index contributed by atoms with van der Waals surface area (Å²) in [4.78, 5) is 14.6. The van der Waals surface area contributed by atoms with Gasteiger partial charge < -0.3 is 0 Å². The highest BCUT2D eigenvalue weighted by Gasteiger charge is 2.05. The number of aromatic nitrogens is 1. The lowest BCUT2D eigenvalue weighted by atomic mass is 10.2. The first kappa shape index (κ1) is 9.27. The van der Waals surface area contributed by atoms with Crippen molar-refractivity contribution in [2.45, 2.75) is 12.8 Å². The molecule has 0 saturated heterocycles. The van der Waals surface area contributed by atoms with Crippen LogP contribution in [0.3, 0.4) is 0 Å². The van der Waals surface area contributed by atoms with Gasteiger partial charge in [-0.15, -0.1) is 0 Å². The maximum absolute atomic E-state index is 12.6. The van der Waals surface area contributed by atoms with Crippen LogP contribution in [0.5, 0.6) is 0 Å². The van der Waals surface area contributed by atoms with Gasteiger partial charge in [0.15, 0.2) is 11.7 Å². The van der Waals surface area contributed by atoms with Gasteiger partial charge in [0.2, 0.25) is 0 Å². The van der Waals surface area contributed by atoms with Crippen molar-refractivity contribution in [1.82, 2.24) is 4.98 Å². The number of halogens is 1. The highest BCUT2D eigenvalue weighted by atomic mass is 31.0. The molecular formula is C8H9FNOP. The smallest absolute Gasteiger partial charge is 0.161 e. The molecule has 12 heavy (non-hydrogen) atoms. The van der Waals surface area contributed by atoms with Crippen molar-refractivity contribution in [1.29, 1.82) is 0 Å². The number of alkyl halides is 1. The predicted molar refractivity (Wildman–Crippen MR) is 47.8 cm³/mol. The van der Waals surface area contributed by atoms with Gasteiger partial charge in [-0.2, -0.15) is 0 Å². The fraction of sp³-hybridized carbons (Fsp3) is 0.250.